The predicted molar refractivity (Wildman–Crippen MR) is 42.3 cm³/mol. The first-order chi connectivity index (χ1) is 4.31. The van der Waals surface area contributed by atoms with Gasteiger partial charge in [0.25, 0.3) is 0 Å². The number of nitrogens with two attached hydrogens (primary N) is 1. The Morgan fingerprint density at radius 3 is 2.67 bits per heavy atom. The van der Waals surface area contributed by atoms with Crippen molar-refractivity contribution in [2.24, 2.45) is 5.73 Å². The average molecular weight is 127 g/mol. The van der Waals surface area contributed by atoms with Gasteiger partial charge in [0.05, 0.1) is 0 Å². The van der Waals surface area contributed by atoms with Crippen LogP contribution in [-0.2, 0) is 0 Å². The highest BCUT2D eigenvalue weighted by Crippen LogP contribution is 1.98. The lowest BCUT2D eigenvalue weighted by Crippen LogP contribution is -2.17. The molecule has 0 fully saturated rings. The molecule has 9 heavy (non-hydrogen) atoms. The molecule has 0 amide bonds. The Kier molecular flexibility index (Phi) is 5.64. The van der Waals surface area contributed by atoms with Gasteiger partial charge in [0.15, 0.2) is 0 Å². The summed E-state index contributed by atoms with van der Waals surface area (Å²) < 4.78 is 0. The number of hydrogen-bond donors (Lipinski definition) is 1. The Balaban J connectivity index is 3.15. The van der Waals surface area contributed by atoms with Crippen LogP contribution in [0.25, 0.3) is 0 Å². The maximum Gasteiger partial charge on any atom is 0.00733 e. The van der Waals surface area contributed by atoms with E-state index in [0.717, 1.165) is 12.8 Å². The molecule has 1 atom stereocenters. The van der Waals surface area contributed by atoms with E-state index < -0.39 is 0 Å². The van der Waals surface area contributed by atoms with E-state index in [4.69, 9.17) is 5.73 Å². The third-order valence-electron chi connectivity index (χ3n) is 1.33. The first-order valence-corrected chi connectivity index (χ1v) is 3.68. The van der Waals surface area contributed by atoms with Crippen LogP contribution in [0.3, 0.4) is 0 Å². The summed E-state index contributed by atoms with van der Waals surface area (Å²) in [5.74, 6) is 0. The normalized spacial score (nSPS) is 14.6. The molecule has 1 heteroatoms. The van der Waals surface area contributed by atoms with Gasteiger partial charge in [-0.3, -0.25) is 0 Å². The second-order valence-electron chi connectivity index (χ2n) is 2.35. The van der Waals surface area contributed by atoms with Crippen molar-refractivity contribution in [2.45, 2.75) is 39.2 Å². The van der Waals surface area contributed by atoms with E-state index in [1.807, 2.05) is 6.92 Å². The number of rotatable bonds is 4. The highest BCUT2D eigenvalue weighted by molar-refractivity contribution is 4.81. The van der Waals surface area contributed by atoms with Gasteiger partial charge in [-0.15, -0.1) is 0 Å². The number of hydrogen-bond acceptors (Lipinski definition) is 1. The van der Waals surface area contributed by atoms with Gasteiger partial charge < -0.3 is 5.73 Å². The summed E-state index contributed by atoms with van der Waals surface area (Å²) in [5.41, 5.74) is 5.72. The summed E-state index contributed by atoms with van der Waals surface area (Å²) in [4.78, 5) is 0. The van der Waals surface area contributed by atoms with Crippen molar-refractivity contribution in [3.8, 4) is 0 Å². The van der Waals surface area contributed by atoms with E-state index in [2.05, 4.69) is 19.1 Å². The average Bonchev–Trinajstić information content (AvgIpc) is 1.85. The fraction of sp³-hybridized carbons (Fsp3) is 0.750. The molecule has 1 unspecified atom stereocenters. The summed E-state index contributed by atoms with van der Waals surface area (Å²) in [6, 6.07) is 0.381. The third kappa shape index (κ3) is 5.57. The molecule has 1 nitrogen and oxygen atoms in total. The van der Waals surface area contributed by atoms with Crippen molar-refractivity contribution in [3.05, 3.63) is 12.2 Å². The van der Waals surface area contributed by atoms with Gasteiger partial charge in [0, 0.05) is 6.04 Å². The van der Waals surface area contributed by atoms with Crippen molar-refractivity contribution in [1.82, 2.24) is 0 Å². The molecule has 0 heterocycles. The van der Waals surface area contributed by atoms with Crippen LogP contribution in [0.1, 0.15) is 33.1 Å². The molecule has 0 aliphatic heterocycles. The van der Waals surface area contributed by atoms with Crippen LogP contribution in [0.5, 0.6) is 0 Å². The smallest absolute Gasteiger partial charge is 0.00733 e. The second-order valence-corrected chi connectivity index (χ2v) is 2.35. The fourth-order valence-electron chi connectivity index (χ4n) is 0.800. The third-order valence-corrected chi connectivity index (χ3v) is 1.33. The molecule has 0 aromatic heterocycles. The van der Waals surface area contributed by atoms with Crippen LogP contribution in [0.15, 0.2) is 12.2 Å². The molecule has 54 valence electrons. The van der Waals surface area contributed by atoms with Gasteiger partial charge in [-0.25, -0.2) is 0 Å². The standard InChI is InChI=1S/C8H17N/c1-3-5-7-8(9)6-4-2/h3,5,8H,4,6-7,9H2,1-2H3. The first kappa shape index (κ1) is 8.70. The predicted octanol–water partition coefficient (Wildman–Crippen LogP) is 2.08. The Morgan fingerprint density at radius 2 is 2.22 bits per heavy atom. The van der Waals surface area contributed by atoms with Crippen LogP contribution in [-0.4, -0.2) is 6.04 Å². The first-order valence-electron chi connectivity index (χ1n) is 3.68. The molecule has 0 aliphatic carbocycles. The summed E-state index contributed by atoms with van der Waals surface area (Å²) in [6.45, 7) is 4.19. The Hall–Kier alpha value is -0.300. The molecular formula is C8H17N. The molecule has 2 N–H and O–H groups in total. The van der Waals surface area contributed by atoms with Gasteiger partial charge in [-0.05, 0) is 19.8 Å². The van der Waals surface area contributed by atoms with Crippen LogP contribution in [0.4, 0.5) is 0 Å². The minimum Gasteiger partial charge on any atom is -0.327 e. The Morgan fingerprint density at radius 1 is 1.56 bits per heavy atom. The molecule has 0 bridgehead atoms. The summed E-state index contributed by atoms with van der Waals surface area (Å²) in [7, 11) is 0. The minimum atomic E-state index is 0.381. The molecule has 0 saturated heterocycles. The quantitative estimate of drug-likeness (QED) is 0.575. The van der Waals surface area contributed by atoms with Crippen LogP contribution in [0, 0.1) is 0 Å². The van der Waals surface area contributed by atoms with Crippen molar-refractivity contribution in [1.29, 1.82) is 0 Å². The van der Waals surface area contributed by atoms with E-state index >= 15 is 0 Å². The van der Waals surface area contributed by atoms with E-state index in [0.29, 0.717) is 6.04 Å². The lowest BCUT2D eigenvalue weighted by atomic mass is 10.1. The fourth-order valence-corrected chi connectivity index (χ4v) is 0.800. The van der Waals surface area contributed by atoms with E-state index in [9.17, 15) is 0 Å². The maximum atomic E-state index is 5.72. The lowest BCUT2D eigenvalue weighted by molar-refractivity contribution is 0.610. The molecule has 0 aromatic rings. The molecule has 0 rings (SSSR count). The van der Waals surface area contributed by atoms with Crippen molar-refractivity contribution in [3.63, 3.8) is 0 Å². The monoisotopic (exact) mass is 127 g/mol. The minimum absolute atomic E-state index is 0.381. The van der Waals surface area contributed by atoms with Crippen LogP contribution in [0.2, 0.25) is 0 Å². The van der Waals surface area contributed by atoms with Crippen molar-refractivity contribution >= 4 is 0 Å². The van der Waals surface area contributed by atoms with Gasteiger partial charge in [0.2, 0.25) is 0 Å². The van der Waals surface area contributed by atoms with E-state index in [-0.39, 0.29) is 0 Å². The van der Waals surface area contributed by atoms with Crippen LogP contribution < -0.4 is 5.73 Å². The van der Waals surface area contributed by atoms with Gasteiger partial charge in [-0.2, -0.15) is 0 Å². The van der Waals surface area contributed by atoms with Crippen molar-refractivity contribution in [2.75, 3.05) is 0 Å². The highest BCUT2D eigenvalue weighted by atomic mass is 14.6. The summed E-state index contributed by atoms with van der Waals surface area (Å²) in [6.07, 6.45) is 7.54. The molecule has 0 saturated carbocycles. The zero-order valence-electron chi connectivity index (χ0n) is 6.43. The zero-order valence-corrected chi connectivity index (χ0v) is 6.43. The largest absolute Gasteiger partial charge is 0.327 e. The molecular weight excluding hydrogens is 110 g/mol. The molecule has 0 radical (unpaired) electrons. The zero-order chi connectivity index (χ0) is 7.11. The van der Waals surface area contributed by atoms with Crippen LogP contribution >= 0.6 is 0 Å². The maximum absolute atomic E-state index is 5.72. The molecule has 0 spiro atoms. The van der Waals surface area contributed by atoms with Gasteiger partial charge >= 0.3 is 0 Å². The van der Waals surface area contributed by atoms with Gasteiger partial charge in [-0.1, -0.05) is 25.5 Å². The Bertz CT molecular complexity index is 76.6. The highest BCUT2D eigenvalue weighted by Gasteiger charge is 1.94. The number of allylic oxidation sites excluding steroid dienone is 1. The topological polar surface area (TPSA) is 26.0 Å². The molecule has 0 aliphatic rings. The lowest BCUT2D eigenvalue weighted by Gasteiger charge is -2.04. The SMILES string of the molecule is CC=CCC(N)CCC. The summed E-state index contributed by atoms with van der Waals surface area (Å²) in [5, 5.41) is 0. The molecule has 0 aromatic carbocycles. The van der Waals surface area contributed by atoms with Gasteiger partial charge in [0.1, 0.15) is 0 Å². The second kappa shape index (κ2) is 5.83. The van der Waals surface area contributed by atoms with Crippen molar-refractivity contribution < 1.29 is 0 Å². The Labute approximate surface area is 57.9 Å². The summed E-state index contributed by atoms with van der Waals surface area (Å²) >= 11 is 0. The van der Waals surface area contributed by atoms with E-state index in [1.165, 1.54) is 6.42 Å². The van der Waals surface area contributed by atoms with E-state index in [1.54, 1.807) is 0 Å².